The topological polar surface area (TPSA) is 66.4 Å². The standard InChI is InChI=1S/C9H9NO3S/c11-8(5-1-2-5)10-7-4-3-6(14-7)9(12)13/h3-5H,1-2H2,(H,10,11)(H,12,13). The van der Waals surface area contributed by atoms with E-state index in [-0.39, 0.29) is 16.7 Å². The van der Waals surface area contributed by atoms with Crippen molar-refractivity contribution in [2.45, 2.75) is 12.8 Å². The van der Waals surface area contributed by atoms with Crippen molar-refractivity contribution in [3.8, 4) is 0 Å². The van der Waals surface area contributed by atoms with Gasteiger partial charge in [0, 0.05) is 5.92 Å². The number of hydrogen-bond donors (Lipinski definition) is 2. The fourth-order valence-electron chi connectivity index (χ4n) is 1.09. The zero-order valence-corrected chi connectivity index (χ0v) is 8.13. The van der Waals surface area contributed by atoms with Crippen LogP contribution in [0, 0.1) is 5.92 Å². The minimum atomic E-state index is -0.957. The largest absolute Gasteiger partial charge is 0.477 e. The molecule has 0 radical (unpaired) electrons. The Morgan fingerprint density at radius 2 is 2.14 bits per heavy atom. The summed E-state index contributed by atoms with van der Waals surface area (Å²) in [6.07, 6.45) is 1.89. The van der Waals surface area contributed by atoms with E-state index in [2.05, 4.69) is 5.32 Å². The highest BCUT2D eigenvalue weighted by Crippen LogP contribution is 2.31. The van der Waals surface area contributed by atoms with Crippen LogP contribution >= 0.6 is 11.3 Å². The van der Waals surface area contributed by atoms with E-state index in [9.17, 15) is 9.59 Å². The molecule has 0 spiro atoms. The Kier molecular flexibility index (Phi) is 2.25. The lowest BCUT2D eigenvalue weighted by molar-refractivity contribution is -0.117. The highest BCUT2D eigenvalue weighted by atomic mass is 32.1. The lowest BCUT2D eigenvalue weighted by Crippen LogP contribution is -2.11. The molecule has 1 aromatic rings. The summed E-state index contributed by atoms with van der Waals surface area (Å²) in [5.74, 6) is -0.809. The van der Waals surface area contributed by atoms with Crippen molar-refractivity contribution in [2.75, 3.05) is 5.32 Å². The summed E-state index contributed by atoms with van der Waals surface area (Å²) in [5, 5.41) is 12.0. The van der Waals surface area contributed by atoms with E-state index < -0.39 is 5.97 Å². The van der Waals surface area contributed by atoms with E-state index in [4.69, 9.17) is 5.11 Å². The third-order valence-electron chi connectivity index (χ3n) is 2.01. The number of aromatic carboxylic acids is 1. The number of carbonyl (C=O) groups excluding carboxylic acids is 1. The van der Waals surface area contributed by atoms with Crippen LogP contribution in [-0.2, 0) is 4.79 Å². The van der Waals surface area contributed by atoms with Gasteiger partial charge in [-0.15, -0.1) is 11.3 Å². The molecule has 1 fully saturated rings. The number of carboxylic acids is 1. The SMILES string of the molecule is O=C(O)c1ccc(NC(=O)C2CC2)s1. The molecule has 1 amide bonds. The average Bonchev–Trinajstić information content (AvgIpc) is 2.87. The van der Waals surface area contributed by atoms with Gasteiger partial charge >= 0.3 is 5.97 Å². The number of anilines is 1. The molecule has 74 valence electrons. The van der Waals surface area contributed by atoms with Crippen LogP contribution in [0.4, 0.5) is 5.00 Å². The zero-order chi connectivity index (χ0) is 10.1. The van der Waals surface area contributed by atoms with Crippen LogP contribution in [0.15, 0.2) is 12.1 Å². The smallest absolute Gasteiger partial charge is 0.345 e. The van der Waals surface area contributed by atoms with Crippen molar-refractivity contribution in [1.29, 1.82) is 0 Å². The van der Waals surface area contributed by atoms with Gasteiger partial charge in [0.1, 0.15) is 4.88 Å². The summed E-state index contributed by atoms with van der Waals surface area (Å²) >= 11 is 1.08. The Labute approximate surface area is 84.6 Å². The van der Waals surface area contributed by atoms with Gasteiger partial charge in [-0.3, -0.25) is 4.79 Å². The normalized spacial score (nSPS) is 15.1. The summed E-state index contributed by atoms with van der Waals surface area (Å²) in [7, 11) is 0. The Bertz CT molecular complexity index is 381. The van der Waals surface area contributed by atoms with Gasteiger partial charge in [-0.2, -0.15) is 0 Å². The van der Waals surface area contributed by atoms with Gasteiger partial charge in [-0.25, -0.2) is 4.79 Å². The molecule has 0 unspecified atom stereocenters. The molecular formula is C9H9NO3S. The van der Waals surface area contributed by atoms with Gasteiger partial charge < -0.3 is 10.4 Å². The highest BCUT2D eigenvalue weighted by Gasteiger charge is 2.29. The Morgan fingerprint density at radius 1 is 1.43 bits per heavy atom. The summed E-state index contributed by atoms with van der Waals surface area (Å²) in [5.41, 5.74) is 0. The van der Waals surface area contributed by atoms with Crippen LogP contribution in [0.3, 0.4) is 0 Å². The molecule has 2 N–H and O–H groups in total. The molecule has 1 aliphatic rings. The first kappa shape index (κ1) is 9.21. The maximum absolute atomic E-state index is 11.3. The first-order valence-corrected chi connectivity index (χ1v) is 5.12. The molecule has 0 bridgehead atoms. The molecule has 0 atom stereocenters. The molecule has 1 aliphatic carbocycles. The molecule has 0 aliphatic heterocycles. The Hall–Kier alpha value is -1.36. The minimum absolute atomic E-state index is 0.00351. The lowest BCUT2D eigenvalue weighted by atomic mass is 10.4. The monoisotopic (exact) mass is 211 g/mol. The van der Waals surface area contributed by atoms with Crippen molar-refractivity contribution in [2.24, 2.45) is 5.92 Å². The summed E-state index contributed by atoms with van der Waals surface area (Å²) < 4.78 is 0. The zero-order valence-electron chi connectivity index (χ0n) is 7.32. The molecule has 5 heteroatoms. The molecule has 14 heavy (non-hydrogen) atoms. The van der Waals surface area contributed by atoms with Gasteiger partial charge in [0.25, 0.3) is 0 Å². The van der Waals surface area contributed by atoms with Crippen LogP contribution in [0.25, 0.3) is 0 Å². The fourth-order valence-corrected chi connectivity index (χ4v) is 1.84. The number of hydrogen-bond acceptors (Lipinski definition) is 3. The van der Waals surface area contributed by atoms with E-state index in [1.165, 1.54) is 6.07 Å². The molecule has 4 nitrogen and oxygen atoms in total. The molecule has 1 heterocycles. The number of carbonyl (C=O) groups is 2. The number of nitrogens with one attached hydrogen (secondary N) is 1. The number of thiophene rings is 1. The molecule has 1 saturated carbocycles. The van der Waals surface area contributed by atoms with E-state index in [0.717, 1.165) is 24.2 Å². The van der Waals surface area contributed by atoms with Crippen LogP contribution in [0.5, 0.6) is 0 Å². The summed E-state index contributed by atoms with van der Waals surface area (Å²) in [6.45, 7) is 0. The summed E-state index contributed by atoms with van der Waals surface area (Å²) in [4.78, 5) is 22.1. The summed E-state index contributed by atoms with van der Waals surface area (Å²) in [6, 6.07) is 3.11. The van der Waals surface area contributed by atoms with E-state index >= 15 is 0 Å². The third kappa shape index (κ3) is 1.93. The maximum atomic E-state index is 11.3. The molecule has 0 aromatic carbocycles. The van der Waals surface area contributed by atoms with Gasteiger partial charge in [0.15, 0.2) is 0 Å². The second-order valence-electron chi connectivity index (χ2n) is 3.23. The van der Waals surface area contributed by atoms with Gasteiger partial charge in [-0.1, -0.05) is 0 Å². The third-order valence-corrected chi connectivity index (χ3v) is 3.00. The predicted octanol–water partition coefficient (Wildman–Crippen LogP) is 1.79. The van der Waals surface area contributed by atoms with Gasteiger partial charge in [-0.05, 0) is 25.0 Å². The van der Waals surface area contributed by atoms with E-state index in [1.807, 2.05) is 0 Å². The fraction of sp³-hybridized carbons (Fsp3) is 0.333. The molecule has 1 aromatic heterocycles. The Balaban J connectivity index is 2.02. The second kappa shape index (κ2) is 3.42. The van der Waals surface area contributed by atoms with Crippen molar-refractivity contribution in [1.82, 2.24) is 0 Å². The minimum Gasteiger partial charge on any atom is -0.477 e. The van der Waals surface area contributed by atoms with Crippen LogP contribution in [0.2, 0.25) is 0 Å². The molecular weight excluding hydrogens is 202 g/mol. The van der Waals surface area contributed by atoms with E-state index in [0.29, 0.717) is 5.00 Å². The van der Waals surface area contributed by atoms with Crippen LogP contribution in [-0.4, -0.2) is 17.0 Å². The Morgan fingerprint density at radius 3 is 2.64 bits per heavy atom. The maximum Gasteiger partial charge on any atom is 0.345 e. The quantitative estimate of drug-likeness (QED) is 0.801. The molecule has 2 rings (SSSR count). The van der Waals surface area contributed by atoms with Crippen molar-refractivity contribution in [3.63, 3.8) is 0 Å². The van der Waals surface area contributed by atoms with Crippen molar-refractivity contribution in [3.05, 3.63) is 17.0 Å². The lowest BCUT2D eigenvalue weighted by Gasteiger charge is -1.98. The average molecular weight is 211 g/mol. The first-order valence-electron chi connectivity index (χ1n) is 4.31. The van der Waals surface area contributed by atoms with Gasteiger partial charge in [0.05, 0.1) is 5.00 Å². The van der Waals surface area contributed by atoms with E-state index in [1.54, 1.807) is 6.07 Å². The second-order valence-corrected chi connectivity index (χ2v) is 4.32. The first-order chi connectivity index (χ1) is 6.66. The highest BCUT2D eigenvalue weighted by molar-refractivity contribution is 7.18. The number of amides is 1. The van der Waals surface area contributed by atoms with Crippen molar-refractivity contribution >= 4 is 28.2 Å². The van der Waals surface area contributed by atoms with Crippen molar-refractivity contribution < 1.29 is 14.7 Å². The number of rotatable bonds is 3. The van der Waals surface area contributed by atoms with Gasteiger partial charge in [0.2, 0.25) is 5.91 Å². The number of carboxylic acid groups (broad SMARTS) is 1. The predicted molar refractivity (Wildman–Crippen MR) is 52.6 cm³/mol. The molecule has 0 saturated heterocycles. The van der Waals surface area contributed by atoms with Crippen LogP contribution < -0.4 is 5.32 Å². The van der Waals surface area contributed by atoms with Crippen LogP contribution in [0.1, 0.15) is 22.5 Å².